The number of aliphatic imine (C=N–C) groups is 2. The maximum Gasteiger partial charge on any atom is 0.293 e. The highest BCUT2D eigenvalue weighted by atomic mass is 32.2. The Balaban J connectivity index is 0.860. The molecule has 1 saturated heterocycles. The number of nitrogens with zero attached hydrogens (tertiary/aromatic N) is 5. The molecule has 89 heavy (non-hydrogen) atoms. The molecule has 0 aromatic heterocycles. The summed E-state index contributed by atoms with van der Waals surface area (Å²) in [6.07, 6.45) is -0.357. The molecule has 7 aromatic rings. The van der Waals surface area contributed by atoms with Crippen LogP contribution in [0, 0.1) is 6.92 Å². The van der Waals surface area contributed by atoms with Crippen LogP contribution in [-0.4, -0.2) is 152 Å². The van der Waals surface area contributed by atoms with E-state index < -0.39 is 37.3 Å². The van der Waals surface area contributed by atoms with Crippen LogP contribution in [0.25, 0.3) is 0 Å². The number of quaternary nitrogens is 1. The number of aldehydes is 2. The smallest absolute Gasteiger partial charge is 0.293 e. The lowest BCUT2D eigenvalue weighted by Gasteiger charge is -2.39. The molecule has 3 heterocycles. The van der Waals surface area contributed by atoms with Crippen molar-refractivity contribution in [2.45, 2.75) is 102 Å². The maximum absolute atomic E-state index is 12.5. The van der Waals surface area contributed by atoms with Gasteiger partial charge in [0.1, 0.15) is 56.5 Å². The van der Waals surface area contributed by atoms with Crippen molar-refractivity contribution >= 4 is 48.7 Å². The molecule has 466 valence electrons. The summed E-state index contributed by atoms with van der Waals surface area (Å²) < 4.78 is 48.6. The molecule has 19 nitrogen and oxygen atoms in total. The summed E-state index contributed by atoms with van der Waals surface area (Å²) in [6.45, 7) is 4.34. The molecule has 3 aliphatic heterocycles. The highest BCUT2D eigenvalue weighted by Crippen LogP contribution is 2.39. The van der Waals surface area contributed by atoms with Crippen molar-refractivity contribution in [2.24, 2.45) is 9.98 Å². The van der Waals surface area contributed by atoms with Gasteiger partial charge in [0.25, 0.3) is 12.3 Å². The zero-order valence-electron chi connectivity index (χ0n) is 50.9. The summed E-state index contributed by atoms with van der Waals surface area (Å²) in [6, 6.07) is 42.7. The van der Waals surface area contributed by atoms with Crippen molar-refractivity contribution in [3.8, 4) is 40.2 Å². The van der Waals surface area contributed by atoms with E-state index in [0.717, 1.165) is 66.3 Å². The number of aliphatic hydroxyl groups excluding tert-OH is 4. The van der Waals surface area contributed by atoms with Crippen molar-refractivity contribution in [2.75, 3.05) is 49.0 Å². The van der Waals surface area contributed by atoms with Crippen LogP contribution in [-0.2, 0) is 57.0 Å². The van der Waals surface area contributed by atoms with E-state index in [1.807, 2.05) is 49.7 Å². The number of likely N-dealkylation sites (N-methyl/N-ethyl adjacent to an activating group) is 2. The second-order valence-electron chi connectivity index (χ2n) is 23.5. The lowest BCUT2D eigenvalue weighted by Crippen LogP contribution is -2.60. The van der Waals surface area contributed by atoms with Crippen LogP contribution in [0.4, 0.5) is 11.4 Å². The molecule has 5 unspecified atom stereocenters. The van der Waals surface area contributed by atoms with E-state index in [0.29, 0.717) is 81.1 Å². The van der Waals surface area contributed by atoms with Crippen LogP contribution in [0.2, 0.25) is 0 Å². The quantitative estimate of drug-likeness (QED) is 0.0181. The van der Waals surface area contributed by atoms with E-state index in [4.69, 9.17) is 46.8 Å². The first-order valence-electron chi connectivity index (χ1n) is 29.3. The third-order valence-electron chi connectivity index (χ3n) is 16.2. The number of benzene rings is 7. The Kier molecular flexibility index (Phi) is 20.8. The van der Waals surface area contributed by atoms with Gasteiger partial charge < -0.3 is 61.7 Å². The largest absolute Gasteiger partial charge is 0.493 e. The molecule has 10 rings (SSSR count). The highest BCUT2D eigenvalue weighted by Gasteiger charge is 2.45. The Morgan fingerprint density at radius 3 is 1.62 bits per heavy atom. The molecule has 0 amide bonds. The van der Waals surface area contributed by atoms with E-state index in [2.05, 4.69) is 98.7 Å². The van der Waals surface area contributed by atoms with Gasteiger partial charge in [-0.05, 0) is 140 Å². The second-order valence-corrected chi connectivity index (χ2v) is 23.9. The lowest BCUT2D eigenvalue weighted by molar-refractivity contribution is -0.916. The number of hydrogen-bond donors (Lipinski definition) is 4. The average Bonchev–Trinajstić information content (AvgIpc) is 3.70. The molecule has 0 bridgehead atoms. The topological polar surface area (TPSA) is 220 Å². The number of carbonyl (C=O) groups excluding carboxylic acids is 2. The zero-order chi connectivity index (χ0) is 62.8. The predicted octanol–water partition coefficient (Wildman–Crippen LogP) is 9.29. The van der Waals surface area contributed by atoms with Crippen molar-refractivity contribution in [3.63, 3.8) is 0 Å². The summed E-state index contributed by atoms with van der Waals surface area (Å²) in [5.41, 5.74) is 11.4. The molecule has 3 aliphatic rings. The Morgan fingerprint density at radius 1 is 0.584 bits per heavy atom. The molecule has 1 fully saturated rings. The Hall–Kier alpha value is -8.15. The molecule has 0 radical (unpaired) electrons. The molecule has 7 atom stereocenters. The standard InChI is InChI=1S/C69H76N5O14S/c1-43-16-21-59(85-69-68(80)67(79)66(78)65(40-77)86-69)64(22-43)88-89-87-56-19-17-44(18-20-56)36-74(4,5)37-45-23-46(41-83-62-30-57(52(38-75)28-60(62)81-6)70-32-54-26-48-12-8-10-14-50(48)34-72(54)2)25-47(24-45)42-84-63-31-58(53(39-76)29-61(63)82-7)71-33-55-27-49-13-9-11-15-51(49)35-73(55)3/h8-25,28-33,38-39,54-55,65-69,77-80H,26-27,34-37,40-42H2,1-7H3/q+1/b70-32-,71-33-/t54-,55?,65?,66?,67?,68+,69?/m0/s1. The molecular formula is C69H76N5O14S+. The van der Waals surface area contributed by atoms with Crippen LogP contribution >= 0.6 is 12.3 Å². The van der Waals surface area contributed by atoms with Gasteiger partial charge in [0, 0.05) is 72.0 Å². The minimum atomic E-state index is -1.61. The number of hydrogen-bond acceptors (Lipinski definition) is 19. The van der Waals surface area contributed by atoms with E-state index in [1.54, 1.807) is 42.5 Å². The van der Waals surface area contributed by atoms with Gasteiger partial charge in [0.2, 0.25) is 6.29 Å². The fraction of sp³-hybridized carbons (Fsp3) is 0.333. The Labute approximate surface area is 523 Å². The van der Waals surface area contributed by atoms with Gasteiger partial charge in [-0.1, -0.05) is 54.6 Å². The van der Waals surface area contributed by atoms with Crippen LogP contribution in [0.1, 0.15) is 70.8 Å². The number of aliphatic hydroxyl groups is 4. The number of ether oxygens (including phenoxy) is 6. The molecule has 0 aliphatic carbocycles. The summed E-state index contributed by atoms with van der Waals surface area (Å²) in [7, 11) is 11.5. The van der Waals surface area contributed by atoms with Crippen molar-refractivity contribution in [1.29, 1.82) is 0 Å². The third-order valence-corrected chi connectivity index (χ3v) is 16.7. The van der Waals surface area contributed by atoms with Gasteiger partial charge in [0.15, 0.2) is 47.1 Å². The molecule has 7 aromatic carbocycles. The van der Waals surface area contributed by atoms with Crippen molar-refractivity contribution < 1.29 is 71.3 Å². The molecule has 0 spiro atoms. The average molecular weight is 1230 g/mol. The SMILES string of the molecule is COc1cc(C=O)c(/N=C\C2Cc3ccccc3CN2C)cc1OCc1cc(COc2cc(/N=C\[C@@H]3Cc4ccccc4CN3C)c(C=O)cc2OC)cc(C[N+](C)(C)Cc2ccc(OSOc3cc(C)ccc3OC3OC(CO)C(O)C(O)[C@H]3O)cc2)c1. The number of aryl methyl sites for hydroxylation is 1. The van der Waals surface area contributed by atoms with Crippen molar-refractivity contribution in [3.05, 3.63) is 195 Å². The second kappa shape index (κ2) is 29.0. The van der Waals surface area contributed by atoms with E-state index >= 15 is 0 Å². The summed E-state index contributed by atoms with van der Waals surface area (Å²) >= 11 is 0.705. The molecule has 0 saturated carbocycles. The lowest BCUT2D eigenvalue weighted by atomic mass is 9.95. The Morgan fingerprint density at radius 2 is 1.10 bits per heavy atom. The van der Waals surface area contributed by atoms with E-state index in [-0.39, 0.29) is 36.8 Å². The molecule has 20 heteroatoms. The predicted molar refractivity (Wildman–Crippen MR) is 339 cm³/mol. The first kappa shape index (κ1) is 63.9. The monoisotopic (exact) mass is 1230 g/mol. The maximum atomic E-state index is 12.5. The molecular weight excluding hydrogens is 1150 g/mol. The van der Waals surface area contributed by atoms with Gasteiger partial charge in [-0.25, -0.2) is 0 Å². The summed E-state index contributed by atoms with van der Waals surface area (Å²) in [5, 5.41) is 40.8. The fourth-order valence-electron chi connectivity index (χ4n) is 11.4. The number of carbonyl (C=O) groups is 2. The van der Waals surface area contributed by atoms with Crippen molar-refractivity contribution in [1.82, 2.24) is 9.80 Å². The minimum absolute atomic E-state index is 0.0197. The van der Waals surface area contributed by atoms with Gasteiger partial charge in [-0.15, -0.1) is 0 Å². The van der Waals surface area contributed by atoms with Crippen LogP contribution < -0.4 is 32.1 Å². The van der Waals surface area contributed by atoms with Crippen LogP contribution in [0.5, 0.6) is 40.2 Å². The van der Waals surface area contributed by atoms with Crippen LogP contribution in [0.15, 0.2) is 143 Å². The van der Waals surface area contributed by atoms with Crippen LogP contribution in [0.3, 0.4) is 0 Å². The van der Waals surface area contributed by atoms with E-state index in [1.165, 1.54) is 36.5 Å². The number of rotatable bonds is 25. The Bertz CT molecular complexity index is 3520. The van der Waals surface area contributed by atoms with E-state index in [9.17, 15) is 30.0 Å². The zero-order valence-corrected chi connectivity index (χ0v) is 51.7. The number of fused-ring (bicyclic) bond motifs is 2. The highest BCUT2D eigenvalue weighted by molar-refractivity contribution is 7.90. The summed E-state index contributed by atoms with van der Waals surface area (Å²) in [4.78, 5) is 39.2. The first-order valence-corrected chi connectivity index (χ1v) is 30.0. The third kappa shape index (κ3) is 15.8. The van der Waals surface area contributed by atoms with Gasteiger partial charge in [0.05, 0.1) is 46.3 Å². The first-order chi connectivity index (χ1) is 43.0. The minimum Gasteiger partial charge on any atom is -0.493 e. The normalized spacial score (nSPS) is 20.4. The van der Waals surface area contributed by atoms with Gasteiger partial charge in [-0.2, -0.15) is 0 Å². The fourth-order valence-corrected chi connectivity index (χ4v) is 11.8. The molecule has 4 N–H and O–H groups in total. The number of methoxy groups -OCH3 is 2. The summed E-state index contributed by atoms with van der Waals surface area (Å²) in [5.74, 6) is 2.56. The van der Waals surface area contributed by atoms with Gasteiger partial charge >= 0.3 is 0 Å². The van der Waals surface area contributed by atoms with Gasteiger partial charge in [-0.3, -0.25) is 29.4 Å².